The number of carbonyl (C=O) groups excluding carboxylic acids is 1. The number of Topliss-reactive ketones (excluding diaryl/α,β-unsaturated/α-hetero) is 1. The van der Waals surface area contributed by atoms with Crippen molar-refractivity contribution in [3.63, 3.8) is 0 Å². The highest BCUT2D eigenvalue weighted by molar-refractivity contribution is 6.13. The number of hydrogen-bond acceptors (Lipinski definition) is 1. The van der Waals surface area contributed by atoms with Crippen LogP contribution in [0.3, 0.4) is 0 Å². The molecule has 1 saturated carbocycles. The molecular weight excluding hydrogens is 332 g/mol. The summed E-state index contributed by atoms with van der Waals surface area (Å²) >= 11 is 0. The van der Waals surface area contributed by atoms with Gasteiger partial charge in [0.05, 0.1) is 0 Å². The van der Waals surface area contributed by atoms with E-state index < -0.39 is 23.3 Å². The van der Waals surface area contributed by atoms with Crippen LogP contribution in [-0.2, 0) is 4.79 Å². The molecule has 0 N–H and O–H groups in total. The van der Waals surface area contributed by atoms with Gasteiger partial charge in [0.2, 0.25) is 0 Å². The minimum atomic E-state index is -0.977. The zero-order valence-corrected chi connectivity index (χ0v) is 13.2. The van der Waals surface area contributed by atoms with Crippen LogP contribution in [0.5, 0.6) is 0 Å². The van der Waals surface area contributed by atoms with Gasteiger partial charge in [-0.05, 0) is 66.8 Å². The van der Waals surface area contributed by atoms with Gasteiger partial charge in [-0.3, -0.25) is 4.79 Å². The Hall–Kier alpha value is -2.69. The Morgan fingerprint density at radius 2 is 1.12 bits per heavy atom. The van der Waals surface area contributed by atoms with Crippen molar-refractivity contribution in [2.45, 2.75) is 19.3 Å². The number of allylic oxidation sites excluding steroid dienone is 2. The molecule has 0 bridgehead atoms. The molecule has 0 aromatic heterocycles. The first-order valence-electron chi connectivity index (χ1n) is 7.80. The van der Waals surface area contributed by atoms with Gasteiger partial charge in [0.25, 0.3) is 0 Å². The molecule has 1 aliphatic rings. The minimum absolute atomic E-state index is 0.222. The largest absolute Gasteiger partial charge is 0.289 e. The van der Waals surface area contributed by atoms with Crippen LogP contribution in [-0.4, -0.2) is 5.78 Å². The Labute approximate surface area is 142 Å². The molecule has 128 valence electrons. The standard InChI is InChI=1S/C20H14F4O/c21-16-6-4-12(10-18(16)23)8-14-2-1-3-15(20(14)25)9-13-5-7-17(22)19(24)11-13/h4-11H,1-3H2/b14-8+,15-9+. The van der Waals surface area contributed by atoms with Crippen molar-refractivity contribution in [3.05, 3.63) is 81.9 Å². The molecule has 0 atom stereocenters. The van der Waals surface area contributed by atoms with Crippen LogP contribution in [0, 0.1) is 23.3 Å². The van der Waals surface area contributed by atoms with Gasteiger partial charge in [-0.1, -0.05) is 12.1 Å². The first-order valence-corrected chi connectivity index (χ1v) is 7.80. The lowest BCUT2D eigenvalue weighted by molar-refractivity contribution is -0.112. The second-order valence-corrected chi connectivity index (χ2v) is 5.87. The Balaban J connectivity index is 1.89. The first kappa shape index (κ1) is 17.1. The van der Waals surface area contributed by atoms with E-state index in [1.807, 2.05) is 0 Å². The number of rotatable bonds is 2. The molecule has 2 aromatic rings. The summed E-state index contributed by atoms with van der Waals surface area (Å²) in [4.78, 5) is 12.6. The summed E-state index contributed by atoms with van der Waals surface area (Å²) in [7, 11) is 0. The van der Waals surface area contributed by atoms with Crippen LogP contribution in [0.15, 0.2) is 47.5 Å². The molecule has 0 spiro atoms. The average molecular weight is 346 g/mol. The maximum absolute atomic E-state index is 13.3. The molecule has 1 fully saturated rings. The van der Waals surface area contributed by atoms with Crippen LogP contribution in [0.2, 0.25) is 0 Å². The number of ketones is 1. The van der Waals surface area contributed by atoms with Gasteiger partial charge >= 0.3 is 0 Å². The fraction of sp³-hybridized carbons (Fsp3) is 0.150. The fourth-order valence-electron chi connectivity index (χ4n) is 2.78. The van der Waals surface area contributed by atoms with Gasteiger partial charge in [-0.25, -0.2) is 17.6 Å². The zero-order valence-electron chi connectivity index (χ0n) is 13.2. The lowest BCUT2D eigenvalue weighted by atomic mass is 9.87. The summed E-state index contributed by atoms with van der Waals surface area (Å²) in [5.41, 5.74) is 1.75. The summed E-state index contributed by atoms with van der Waals surface area (Å²) in [5, 5.41) is 0. The van der Waals surface area contributed by atoms with Gasteiger partial charge in [0.15, 0.2) is 29.1 Å². The third kappa shape index (κ3) is 3.87. The van der Waals surface area contributed by atoms with Crippen molar-refractivity contribution >= 4 is 17.9 Å². The molecule has 0 radical (unpaired) electrons. The van der Waals surface area contributed by atoms with E-state index in [0.29, 0.717) is 41.5 Å². The molecular formula is C20H14F4O. The quantitative estimate of drug-likeness (QED) is 0.521. The summed E-state index contributed by atoms with van der Waals surface area (Å²) in [6.07, 6.45) is 4.81. The highest BCUT2D eigenvalue weighted by atomic mass is 19.2. The molecule has 2 aromatic carbocycles. The van der Waals surface area contributed by atoms with Crippen LogP contribution in [0.4, 0.5) is 17.6 Å². The monoisotopic (exact) mass is 346 g/mol. The van der Waals surface area contributed by atoms with Crippen molar-refractivity contribution in [2.24, 2.45) is 0 Å². The molecule has 3 rings (SSSR count). The van der Waals surface area contributed by atoms with E-state index in [-0.39, 0.29) is 5.78 Å². The van der Waals surface area contributed by atoms with Crippen LogP contribution < -0.4 is 0 Å². The molecule has 5 heteroatoms. The van der Waals surface area contributed by atoms with E-state index in [2.05, 4.69) is 0 Å². The lowest BCUT2D eigenvalue weighted by Crippen LogP contribution is -2.12. The first-order chi connectivity index (χ1) is 11.9. The Morgan fingerprint density at radius 1 is 0.680 bits per heavy atom. The van der Waals surface area contributed by atoms with Crippen molar-refractivity contribution in [3.8, 4) is 0 Å². The summed E-state index contributed by atoms with van der Waals surface area (Å²) in [6, 6.07) is 6.87. The van der Waals surface area contributed by atoms with E-state index in [0.717, 1.165) is 24.3 Å². The van der Waals surface area contributed by atoms with E-state index in [4.69, 9.17) is 0 Å². The lowest BCUT2D eigenvalue weighted by Gasteiger charge is -2.16. The second kappa shape index (κ2) is 7.05. The van der Waals surface area contributed by atoms with Gasteiger partial charge in [0, 0.05) is 11.1 Å². The van der Waals surface area contributed by atoms with Crippen molar-refractivity contribution in [1.29, 1.82) is 0 Å². The summed E-state index contributed by atoms with van der Waals surface area (Å²) < 4.78 is 52.6. The number of halogens is 4. The third-order valence-electron chi connectivity index (χ3n) is 4.04. The molecule has 0 amide bonds. The van der Waals surface area contributed by atoms with E-state index in [9.17, 15) is 22.4 Å². The van der Waals surface area contributed by atoms with Gasteiger partial charge in [-0.15, -0.1) is 0 Å². The predicted octanol–water partition coefficient (Wildman–Crippen LogP) is 5.46. The molecule has 25 heavy (non-hydrogen) atoms. The summed E-state index contributed by atoms with van der Waals surface area (Å²) in [6.45, 7) is 0. The fourth-order valence-corrected chi connectivity index (χ4v) is 2.78. The van der Waals surface area contributed by atoms with Crippen molar-refractivity contribution in [1.82, 2.24) is 0 Å². The predicted molar refractivity (Wildman–Crippen MR) is 87.5 cm³/mol. The smallest absolute Gasteiger partial charge is 0.185 e. The van der Waals surface area contributed by atoms with Crippen LogP contribution in [0.1, 0.15) is 30.4 Å². The molecule has 0 saturated heterocycles. The maximum atomic E-state index is 13.3. The van der Waals surface area contributed by atoms with Crippen molar-refractivity contribution < 1.29 is 22.4 Å². The SMILES string of the molecule is O=C1/C(=C/c2ccc(F)c(F)c2)CCC/C1=C\c1ccc(F)c(F)c1. The highest BCUT2D eigenvalue weighted by Crippen LogP contribution is 2.28. The van der Waals surface area contributed by atoms with Crippen LogP contribution in [0.25, 0.3) is 12.2 Å². The van der Waals surface area contributed by atoms with Gasteiger partial charge < -0.3 is 0 Å². The second-order valence-electron chi connectivity index (χ2n) is 5.87. The molecule has 0 heterocycles. The molecule has 1 nitrogen and oxygen atoms in total. The maximum Gasteiger partial charge on any atom is 0.185 e. The number of benzene rings is 2. The minimum Gasteiger partial charge on any atom is -0.289 e. The van der Waals surface area contributed by atoms with Crippen molar-refractivity contribution in [2.75, 3.05) is 0 Å². The van der Waals surface area contributed by atoms with E-state index >= 15 is 0 Å². The van der Waals surface area contributed by atoms with Gasteiger partial charge in [-0.2, -0.15) is 0 Å². The van der Waals surface area contributed by atoms with E-state index in [1.165, 1.54) is 24.3 Å². The highest BCUT2D eigenvalue weighted by Gasteiger charge is 2.20. The Morgan fingerprint density at radius 3 is 1.52 bits per heavy atom. The number of hydrogen-bond donors (Lipinski definition) is 0. The van der Waals surface area contributed by atoms with E-state index in [1.54, 1.807) is 0 Å². The van der Waals surface area contributed by atoms with Crippen LogP contribution >= 0.6 is 0 Å². The Bertz CT molecular complexity index is 825. The topological polar surface area (TPSA) is 17.1 Å². The zero-order chi connectivity index (χ0) is 18.0. The summed E-state index contributed by atoms with van der Waals surface area (Å²) in [5.74, 6) is -4.07. The Kier molecular flexibility index (Phi) is 4.83. The number of carbonyl (C=O) groups is 1. The van der Waals surface area contributed by atoms with Gasteiger partial charge in [0.1, 0.15) is 0 Å². The average Bonchev–Trinajstić information content (AvgIpc) is 2.58. The molecule has 1 aliphatic carbocycles. The normalized spacial score (nSPS) is 18.2. The molecule has 0 aliphatic heterocycles. The third-order valence-corrected chi connectivity index (χ3v) is 4.04. The molecule has 0 unspecified atom stereocenters.